The lowest BCUT2D eigenvalue weighted by Crippen LogP contribution is -2.53. The Bertz CT molecular complexity index is 613. The fraction of sp³-hybridized carbons (Fsp3) is 0.467. The van der Waals surface area contributed by atoms with E-state index in [9.17, 15) is 10.1 Å². The summed E-state index contributed by atoms with van der Waals surface area (Å²) < 4.78 is 7.65. The van der Waals surface area contributed by atoms with E-state index in [1.807, 2.05) is 42.1 Å². The molecule has 20 heavy (non-hydrogen) atoms. The van der Waals surface area contributed by atoms with E-state index in [1.54, 1.807) is 27.7 Å². The maximum atomic E-state index is 10.4. The number of fused-ring (bicyclic) bond motifs is 1. The Balaban J connectivity index is 2.35. The van der Waals surface area contributed by atoms with Crippen molar-refractivity contribution in [3.63, 3.8) is 0 Å². The van der Waals surface area contributed by atoms with Gasteiger partial charge in [-0.05, 0) is 39.1 Å². The number of nitrogens with zero attached hydrogens (tertiary/aromatic N) is 1. The van der Waals surface area contributed by atoms with Crippen molar-refractivity contribution in [1.29, 1.82) is 0 Å². The van der Waals surface area contributed by atoms with E-state index in [0.29, 0.717) is 5.46 Å². The summed E-state index contributed by atoms with van der Waals surface area (Å²) in [5.74, 6) is 0. The second kappa shape index (κ2) is 4.92. The molecular weight excluding hydrogens is 253 g/mol. The lowest BCUT2D eigenvalue weighted by molar-refractivity contribution is -0.0982. The van der Waals surface area contributed by atoms with Gasteiger partial charge >= 0.3 is 7.12 Å². The summed E-state index contributed by atoms with van der Waals surface area (Å²) in [7, 11) is 0.849. The first-order valence-corrected chi connectivity index (χ1v) is 6.76. The average Bonchev–Trinajstić information content (AvgIpc) is 2.66. The minimum absolute atomic E-state index is 0.709. The van der Waals surface area contributed by atoms with Gasteiger partial charge in [0.25, 0.3) is 0 Å². The van der Waals surface area contributed by atoms with E-state index >= 15 is 0 Å². The largest absolute Gasteiger partial charge is 0.493 e. The van der Waals surface area contributed by atoms with Crippen LogP contribution in [0.4, 0.5) is 0 Å². The van der Waals surface area contributed by atoms with Crippen molar-refractivity contribution in [2.45, 2.75) is 38.9 Å². The lowest BCUT2D eigenvalue weighted by Gasteiger charge is -2.38. The topological polar surface area (TPSA) is 54.6 Å². The summed E-state index contributed by atoms with van der Waals surface area (Å²) in [6, 6.07) is 7.83. The number of aliphatic hydroxyl groups is 1. The summed E-state index contributed by atoms with van der Waals surface area (Å²) in [6.45, 7) is 6.87. The molecule has 2 rings (SSSR count). The van der Waals surface area contributed by atoms with Crippen molar-refractivity contribution in [2.24, 2.45) is 7.05 Å². The third-order valence-corrected chi connectivity index (χ3v) is 4.07. The molecule has 0 aliphatic rings. The number of aromatic nitrogens is 1. The predicted molar refractivity (Wildman–Crippen MR) is 82.0 cm³/mol. The van der Waals surface area contributed by atoms with Gasteiger partial charge in [0.1, 0.15) is 0 Å². The van der Waals surface area contributed by atoms with Crippen LogP contribution in [0.15, 0.2) is 30.5 Å². The van der Waals surface area contributed by atoms with E-state index in [4.69, 9.17) is 4.65 Å². The van der Waals surface area contributed by atoms with Gasteiger partial charge in [0, 0.05) is 24.2 Å². The predicted octanol–water partition coefficient (Wildman–Crippen LogP) is 1.43. The van der Waals surface area contributed by atoms with Crippen LogP contribution in [0.25, 0.3) is 10.9 Å². The molecule has 0 radical (unpaired) electrons. The number of hydrogen-bond acceptors (Lipinski definition) is 3. The molecular formula is C15H22BNO3. The van der Waals surface area contributed by atoms with Crippen molar-refractivity contribution in [3.8, 4) is 0 Å². The average molecular weight is 275 g/mol. The van der Waals surface area contributed by atoms with E-state index in [0.717, 1.165) is 10.9 Å². The van der Waals surface area contributed by atoms with E-state index < -0.39 is 18.3 Å². The van der Waals surface area contributed by atoms with Crippen LogP contribution in [-0.2, 0) is 11.7 Å². The fourth-order valence-corrected chi connectivity index (χ4v) is 2.06. The first-order valence-electron chi connectivity index (χ1n) is 6.76. The normalized spacial score (nSPS) is 12.9. The highest BCUT2D eigenvalue weighted by Crippen LogP contribution is 2.26. The van der Waals surface area contributed by atoms with Gasteiger partial charge in [-0.25, -0.2) is 0 Å². The zero-order valence-corrected chi connectivity index (χ0v) is 12.7. The van der Waals surface area contributed by atoms with Gasteiger partial charge in [0.05, 0.1) is 11.2 Å². The Morgan fingerprint density at radius 1 is 1.15 bits per heavy atom. The number of para-hydroxylation sites is 1. The minimum atomic E-state index is -1.08. The maximum Gasteiger partial charge on any atom is 0.493 e. The first kappa shape index (κ1) is 15.1. The Labute approximate surface area is 120 Å². The van der Waals surface area contributed by atoms with Gasteiger partial charge in [-0.3, -0.25) is 0 Å². The molecule has 0 atom stereocenters. The molecule has 0 amide bonds. The Hall–Kier alpha value is -1.30. The van der Waals surface area contributed by atoms with Gasteiger partial charge in [-0.1, -0.05) is 18.2 Å². The van der Waals surface area contributed by atoms with Crippen LogP contribution in [0.3, 0.4) is 0 Å². The van der Waals surface area contributed by atoms with Gasteiger partial charge in [0.15, 0.2) is 0 Å². The zero-order valence-electron chi connectivity index (χ0n) is 12.7. The monoisotopic (exact) mass is 275 g/mol. The molecule has 0 aliphatic heterocycles. The number of hydrogen-bond donors (Lipinski definition) is 2. The Kier molecular flexibility index (Phi) is 3.71. The van der Waals surface area contributed by atoms with E-state index in [1.165, 1.54) is 0 Å². The van der Waals surface area contributed by atoms with Crippen molar-refractivity contribution in [2.75, 3.05) is 0 Å². The second-order valence-corrected chi connectivity index (χ2v) is 6.25. The van der Waals surface area contributed by atoms with Gasteiger partial charge in [-0.15, -0.1) is 0 Å². The summed E-state index contributed by atoms with van der Waals surface area (Å²) in [6.07, 6.45) is 1.86. The Morgan fingerprint density at radius 3 is 2.35 bits per heavy atom. The third-order valence-electron chi connectivity index (χ3n) is 4.07. The highest BCUT2D eigenvalue weighted by atomic mass is 16.5. The molecule has 0 bridgehead atoms. The minimum Gasteiger partial charge on any atom is -0.423 e. The maximum absolute atomic E-state index is 10.4. The van der Waals surface area contributed by atoms with Crippen LogP contribution in [0.2, 0.25) is 0 Å². The highest BCUT2D eigenvalue weighted by Gasteiger charge is 2.40. The quantitative estimate of drug-likeness (QED) is 0.830. The van der Waals surface area contributed by atoms with E-state index in [-0.39, 0.29) is 0 Å². The van der Waals surface area contributed by atoms with Crippen LogP contribution in [0, 0.1) is 0 Å². The molecule has 2 aromatic rings. The van der Waals surface area contributed by atoms with Crippen LogP contribution in [-0.4, -0.2) is 33.0 Å². The molecule has 4 nitrogen and oxygen atoms in total. The highest BCUT2D eigenvalue weighted by molar-refractivity contribution is 6.63. The molecule has 0 aliphatic carbocycles. The summed E-state index contributed by atoms with van der Waals surface area (Å²) in [5, 5.41) is 21.5. The van der Waals surface area contributed by atoms with E-state index in [2.05, 4.69) is 0 Å². The Morgan fingerprint density at radius 2 is 1.75 bits per heavy atom. The first-order chi connectivity index (χ1) is 9.13. The second-order valence-electron chi connectivity index (χ2n) is 6.25. The third kappa shape index (κ3) is 2.61. The van der Waals surface area contributed by atoms with Crippen molar-refractivity contribution < 1.29 is 14.8 Å². The van der Waals surface area contributed by atoms with Crippen molar-refractivity contribution in [1.82, 2.24) is 4.57 Å². The fourth-order valence-electron chi connectivity index (χ4n) is 2.06. The zero-order chi connectivity index (χ0) is 15.1. The number of rotatable bonds is 4. The van der Waals surface area contributed by atoms with Crippen molar-refractivity contribution >= 4 is 23.5 Å². The molecule has 0 saturated heterocycles. The molecule has 1 aromatic carbocycles. The molecule has 1 heterocycles. The van der Waals surface area contributed by atoms with Crippen molar-refractivity contribution in [3.05, 3.63) is 30.5 Å². The summed E-state index contributed by atoms with van der Waals surface area (Å²) in [5.41, 5.74) is -0.186. The van der Waals surface area contributed by atoms with Crippen LogP contribution in [0.1, 0.15) is 27.7 Å². The molecule has 108 valence electrons. The molecule has 2 N–H and O–H groups in total. The van der Waals surface area contributed by atoms with Crippen LogP contribution >= 0.6 is 0 Å². The number of aryl methyl sites for hydroxylation is 1. The lowest BCUT2D eigenvalue weighted by atomic mass is 9.76. The molecule has 5 heteroatoms. The van der Waals surface area contributed by atoms with Crippen LogP contribution < -0.4 is 5.46 Å². The molecule has 0 spiro atoms. The SMILES string of the molecule is Cn1cc(B(O)OC(C)(C)C(C)(C)O)c2ccccc21. The molecule has 0 unspecified atom stereocenters. The number of benzene rings is 1. The summed E-state index contributed by atoms with van der Waals surface area (Å²) in [4.78, 5) is 0. The van der Waals surface area contributed by atoms with Gasteiger partial charge in [-0.2, -0.15) is 0 Å². The molecule has 1 aromatic heterocycles. The molecule has 0 saturated carbocycles. The van der Waals surface area contributed by atoms with Crippen LogP contribution in [0.5, 0.6) is 0 Å². The van der Waals surface area contributed by atoms with Gasteiger partial charge < -0.3 is 19.4 Å². The van der Waals surface area contributed by atoms with Gasteiger partial charge in [0.2, 0.25) is 0 Å². The summed E-state index contributed by atoms with van der Waals surface area (Å²) >= 11 is 0. The standard InChI is InChI=1S/C15H22BNO3/c1-14(2,18)15(3,4)20-16(19)12-10-17(5)13-9-7-6-8-11(12)13/h6-10,18-19H,1-5H3. The molecule has 0 fully saturated rings. The smallest absolute Gasteiger partial charge is 0.423 e.